The van der Waals surface area contributed by atoms with E-state index in [0.717, 1.165) is 84.7 Å². The molecule has 6 heterocycles. The predicted octanol–water partition coefficient (Wildman–Crippen LogP) is 4.08. The number of hydrogen-bond acceptors (Lipinski definition) is 12. The molecule has 0 N–H and O–H groups in total. The molecule has 0 aromatic heterocycles. The molecule has 0 radical (unpaired) electrons. The molecule has 8 bridgehead atoms. The van der Waals surface area contributed by atoms with E-state index in [1.807, 2.05) is 0 Å². The first-order valence-corrected chi connectivity index (χ1v) is 20.4. The lowest BCUT2D eigenvalue weighted by molar-refractivity contribution is 0.00584. The van der Waals surface area contributed by atoms with Gasteiger partial charge in [0.05, 0.1) is 106 Å². The predicted molar refractivity (Wildman–Crippen MR) is 211 cm³/mol. The number of nitrogens with zero attached hydrogens (tertiary/aromatic N) is 4. The first-order chi connectivity index (χ1) is 26.7. The molecule has 2 saturated heterocycles. The number of rotatable bonds is 0. The van der Waals surface area contributed by atoms with Crippen molar-refractivity contribution in [1.82, 2.24) is 19.6 Å². The number of ether oxygens (including phenoxy) is 8. The molecular weight excluding hydrogens is 735 g/mol. The molecule has 2 aromatic rings. The van der Waals surface area contributed by atoms with E-state index in [4.69, 9.17) is 61.1 Å². The summed E-state index contributed by atoms with van der Waals surface area (Å²) >= 11 is 14.3. The third kappa shape index (κ3) is 16.6. The maximum Gasteiger partial charge on any atom is 0.0701 e. The zero-order valence-electron chi connectivity index (χ0n) is 32.1. The molecular formula is C40H62Cl2N4O8. The minimum Gasteiger partial charge on any atom is -0.378 e. The summed E-state index contributed by atoms with van der Waals surface area (Å²) in [6.45, 7) is 17.8. The summed E-state index contributed by atoms with van der Waals surface area (Å²) in [5.74, 6) is 0. The molecule has 0 unspecified atom stereocenters. The van der Waals surface area contributed by atoms with Crippen LogP contribution in [0, 0.1) is 0 Å². The smallest absolute Gasteiger partial charge is 0.0701 e. The Morgan fingerprint density at radius 1 is 0.296 bits per heavy atom. The van der Waals surface area contributed by atoms with Gasteiger partial charge in [0, 0.05) is 88.6 Å². The zero-order chi connectivity index (χ0) is 37.5. The van der Waals surface area contributed by atoms with Crippen molar-refractivity contribution >= 4 is 23.2 Å². The molecule has 0 atom stereocenters. The van der Waals surface area contributed by atoms with Crippen molar-refractivity contribution < 1.29 is 37.9 Å². The Bertz CT molecular complexity index is 1090. The van der Waals surface area contributed by atoms with Crippen molar-refractivity contribution in [2.24, 2.45) is 0 Å². The number of benzene rings is 2. The molecule has 2 aromatic carbocycles. The van der Waals surface area contributed by atoms with E-state index >= 15 is 0 Å². The molecule has 0 aliphatic carbocycles. The fourth-order valence-electron chi connectivity index (χ4n) is 6.63. The van der Waals surface area contributed by atoms with Crippen molar-refractivity contribution in [3.63, 3.8) is 0 Å². The highest BCUT2D eigenvalue weighted by Crippen LogP contribution is 2.25. The Balaban J connectivity index is 1.36. The molecule has 12 nitrogen and oxygen atoms in total. The van der Waals surface area contributed by atoms with Crippen LogP contribution in [0.3, 0.4) is 0 Å². The Morgan fingerprint density at radius 3 is 0.667 bits per heavy atom. The van der Waals surface area contributed by atoms with Gasteiger partial charge in [-0.3, -0.25) is 19.6 Å². The van der Waals surface area contributed by atoms with E-state index in [9.17, 15) is 0 Å². The van der Waals surface area contributed by atoms with Gasteiger partial charge in [0.25, 0.3) is 0 Å². The average molecular weight is 798 g/mol. The van der Waals surface area contributed by atoms with Gasteiger partial charge in [-0.1, -0.05) is 59.6 Å². The molecule has 6 aliphatic heterocycles. The quantitative estimate of drug-likeness (QED) is 0.386. The van der Waals surface area contributed by atoms with Crippen LogP contribution in [0.25, 0.3) is 0 Å². The average Bonchev–Trinajstić information content (AvgIpc) is 3.16. The van der Waals surface area contributed by atoms with Crippen LogP contribution in [0.2, 0.25) is 10.0 Å². The van der Waals surface area contributed by atoms with Crippen LogP contribution in [-0.4, -0.2) is 178 Å². The van der Waals surface area contributed by atoms with Gasteiger partial charge in [-0.25, -0.2) is 0 Å². The molecule has 0 spiro atoms. The summed E-state index contributed by atoms with van der Waals surface area (Å²) in [6, 6.07) is 12.6. The number of hydrogen-bond donors (Lipinski definition) is 0. The Labute approximate surface area is 332 Å². The molecule has 2 fully saturated rings. The van der Waals surface area contributed by atoms with Gasteiger partial charge in [0.15, 0.2) is 0 Å². The Hall–Kier alpha value is -1.46. The minimum absolute atomic E-state index is 0.535. The first kappa shape index (κ1) is 43.7. The molecule has 6 aliphatic rings. The van der Waals surface area contributed by atoms with Crippen molar-refractivity contribution in [2.75, 3.05) is 158 Å². The Kier molecular flexibility index (Phi) is 21.4. The summed E-state index contributed by atoms with van der Waals surface area (Å²) in [5, 5.41) is 1.59. The van der Waals surface area contributed by atoms with Crippen molar-refractivity contribution in [2.45, 2.75) is 26.2 Å². The molecule has 14 heteroatoms. The molecule has 0 amide bonds. The van der Waals surface area contributed by atoms with Gasteiger partial charge in [0.1, 0.15) is 0 Å². The van der Waals surface area contributed by atoms with Gasteiger partial charge < -0.3 is 37.9 Å². The summed E-state index contributed by atoms with van der Waals surface area (Å²) < 4.78 is 48.3. The van der Waals surface area contributed by atoms with Crippen molar-refractivity contribution in [3.8, 4) is 0 Å². The highest BCUT2D eigenvalue weighted by atomic mass is 35.5. The molecule has 0 saturated carbocycles. The molecule has 304 valence electrons. The summed E-state index contributed by atoms with van der Waals surface area (Å²) in [5.41, 5.74) is 4.34. The van der Waals surface area contributed by atoms with Gasteiger partial charge in [-0.15, -0.1) is 0 Å². The third-order valence-electron chi connectivity index (χ3n) is 9.80. The fraction of sp³-hybridized carbons (Fsp3) is 0.700. The van der Waals surface area contributed by atoms with E-state index < -0.39 is 0 Å². The second-order valence-corrected chi connectivity index (χ2v) is 14.5. The lowest BCUT2D eigenvalue weighted by Crippen LogP contribution is -2.33. The summed E-state index contributed by atoms with van der Waals surface area (Å²) in [7, 11) is 0. The Morgan fingerprint density at radius 2 is 0.481 bits per heavy atom. The van der Waals surface area contributed by atoms with Gasteiger partial charge in [0.2, 0.25) is 0 Å². The first-order valence-electron chi connectivity index (χ1n) is 19.7. The van der Waals surface area contributed by atoms with Gasteiger partial charge in [-0.2, -0.15) is 0 Å². The zero-order valence-corrected chi connectivity index (χ0v) is 33.6. The molecule has 54 heavy (non-hydrogen) atoms. The highest BCUT2D eigenvalue weighted by Gasteiger charge is 2.17. The third-order valence-corrected chi connectivity index (χ3v) is 10.8. The van der Waals surface area contributed by atoms with Crippen LogP contribution in [-0.2, 0) is 64.1 Å². The van der Waals surface area contributed by atoms with Crippen LogP contribution >= 0.6 is 23.2 Å². The second kappa shape index (κ2) is 26.5. The van der Waals surface area contributed by atoms with Gasteiger partial charge >= 0.3 is 0 Å². The standard InChI is InChI=1S/C40H62Cl2N4O8/c41-39-35-3-1-4-36(39)32-44-9-17-49-25-29-53-21-13-46(14-22-54-30-26-50-18-10-44)34-38-6-2-5-37(40(38)42)33-45-11-19-51-27-23-47-15-7-43(31-35)8-16-48-24-28-52-20-12-45/h1-6H,7-34H2. The normalized spacial score (nSPS) is 27.0. The maximum absolute atomic E-state index is 7.13. The monoisotopic (exact) mass is 796 g/mol. The number of halogens is 2. The molecule has 8 rings (SSSR count). The van der Waals surface area contributed by atoms with Crippen LogP contribution in [0.5, 0.6) is 0 Å². The van der Waals surface area contributed by atoms with Gasteiger partial charge in [-0.05, 0) is 22.3 Å². The summed E-state index contributed by atoms with van der Waals surface area (Å²) in [4.78, 5) is 9.36. The SMILES string of the molecule is Clc1c2cccc1CN1CCOCCOCCN(CCOCCOCC1)Cc1cccc(c1Cl)CN1CCOCCOCCN(CCOCCOCC1)C2. The van der Waals surface area contributed by atoms with Crippen LogP contribution < -0.4 is 0 Å². The van der Waals surface area contributed by atoms with E-state index in [1.165, 1.54) is 0 Å². The summed E-state index contributed by atoms with van der Waals surface area (Å²) in [6.07, 6.45) is 0. The van der Waals surface area contributed by atoms with E-state index in [2.05, 4.69) is 56.0 Å². The largest absolute Gasteiger partial charge is 0.378 e. The van der Waals surface area contributed by atoms with E-state index in [1.54, 1.807) is 0 Å². The van der Waals surface area contributed by atoms with Crippen LogP contribution in [0.1, 0.15) is 22.3 Å². The lowest BCUT2D eigenvalue weighted by atomic mass is 10.1. The van der Waals surface area contributed by atoms with Crippen molar-refractivity contribution in [3.05, 3.63) is 68.7 Å². The van der Waals surface area contributed by atoms with Crippen molar-refractivity contribution in [1.29, 1.82) is 0 Å². The van der Waals surface area contributed by atoms with Crippen LogP contribution in [0.4, 0.5) is 0 Å². The lowest BCUT2D eigenvalue weighted by Gasteiger charge is -2.26. The highest BCUT2D eigenvalue weighted by molar-refractivity contribution is 6.32. The topological polar surface area (TPSA) is 86.8 Å². The van der Waals surface area contributed by atoms with E-state index in [0.29, 0.717) is 132 Å². The van der Waals surface area contributed by atoms with Crippen LogP contribution in [0.15, 0.2) is 36.4 Å². The minimum atomic E-state index is 0.535. The fourth-order valence-corrected chi connectivity index (χ4v) is 7.13. The second-order valence-electron chi connectivity index (χ2n) is 13.8. The maximum atomic E-state index is 7.13. The van der Waals surface area contributed by atoms with E-state index in [-0.39, 0.29) is 0 Å².